The van der Waals surface area contributed by atoms with Crippen molar-refractivity contribution in [1.29, 1.82) is 0 Å². The van der Waals surface area contributed by atoms with E-state index in [1.54, 1.807) is 0 Å². The molecule has 3 rings (SSSR count). The molecular weight excluding hydrogens is 293 g/mol. The molecule has 2 saturated heterocycles. The Morgan fingerprint density at radius 2 is 1.65 bits per heavy atom. The maximum absolute atomic E-state index is 12.4. The standard InChI is InChI=1S/C17H30BNO4/c1-14(2,3)21-13(20)19-10-12(17(11-19)8-9-17)18-22-15(4,5)16(6,7)23-18/h12H,8-11H2,1-7H3. The van der Waals surface area contributed by atoms with Crippen molar-refractivity contribution in [2.45, 2.75) is 83.9 Å². The molecule has 0 N–H and O–H groups in total. The van der Waals surface area contributed by atoms with Gasteiger partial charge in [-0.2, -0.15) is 0 Å². The van der Waals surface area contributed by atoms with Crippen LogP contribution in [0.25, 0.3) is 0 Å². The van der Waals surface area contributed by atoms with Gasteiger partial charge < -0.3 is 18.9 Å². The van der Waals surface area contributed by atoms with E-state index in [1.165, 1.54) is 0 Å². The highest BCUT2D eigenvalue weighted by molar-refractivity contribution is 6.48. The Hall–Kier alpha value is -0.745. The summed E-state index contributed by atoms with van der Waals surface area (Å²) in [6.45, 7) is 15.4. The minimum atomic E-state index is -0.462. The maximum atomic E-state index is 12.4. The van der Waals surface area contributed by atoms with Crippen LogP contribution in [0.4, 0.5) is 4.79 Å². The van der Waals surface area contributed by atoms with Gasteiger partial charge in [0.2, 0.25) is 0 Å². The lowest BCUT2D eigenvalue weighted by Crippen LogP contribution is -2.41. The zero-order valence-electron chi connectivity index (χ0n) is 15.6. The largest absolute Gasteiger partial charge is 0.463 e. The lowest BCUT2D eigenvalue weighted by molar-refractivity contribution is 0.00578. The highest BCUT2D eigenvalue weighted by Gasteiger charge is 2.65. The summed E-state index contributed by atoms with van der Waals surface area (Å²) in [5, 5.41) is 0. The lowest BCUT2D eigenvalue weighted by atomic mass is 9.64. The number of rotatable bonds is 1. The van der Waals surface area contributed by atoms with Crippen LogP contribution in [-0.4, -0.2) is 48.0 Å². The Bertz CT molecular complexity index is 491. The molecule has 1 aliphatic carbocycles. The summed E-state index contributed by atoms with van der Waals surface area (Å²) in [4.78, 5) is 14.3. The van der Waals surface area contributed by atoms with Crippen LogP contribution in [0.3, 0.4) is 0 Å². The molecule has 1 unspecified atom stereocenters. The van der Waals surface area contributed by atoms with Crippen molar-refractivity contribution in [3.8, 4) is 0 Å². The van der Waals surface area contributed by atoms with Crippen molar-refractivity contribution in [2.24, 2.45) is 5.41 Å². The Morgan fingerprint density at radius 3 is 2.09 bits per heavy atom. The topological polar surface area (TPSA) is 48.0 Å². The van der Waals surface area contributed by atoms with Gasteiger partial charge in [-0.15, -0.1) is 0 Å². The predicted molar refractivity (Wildman–Crippen MR) is 89.3 cm³/mol. The summed E-state index contributed by atoms with van der Waals surface area (Å²) in [5.41, 5.74) is -0.950. The zero-order chi connectivity index (χ0) is 17.3. The van der Waals surface area contributed by atoms with Crippen molar-refractivity contribution in [1.82, 2.24) is 4.90 Å². The number of ether oxygens (including phenoxy) is 1. The van der Waals surface area contributed by atoms with Gasteiger partial charge in [0.05, 0.1) is 11.2 Å². The van der Waals surface area contributed by atoms with Gasteiger partial charge >= 0.3 is 13.2 Å². The van der Waals surface area contributed by atoms with Crippen LogP contribution in [0.1, 0.15) is 61.3 Å². The van der Waals surface area contributed by atoms with Gasteiger partial charge in [0.15, 0.2) is 0 Å². The fourth-order valence-corrected chi connectivity index (χ4v) is 3.58. The molecule has 0 aromatic heterocycles. The van der Waals surface area contributed by atoms with Crippen LogP contribution in [0.15, 0.2) is 0 Å². The molecule has 1 saturated carbocycles. The summed E-state index contributed by atoms with van der Waals surface area (Å²) in [5.74, 6) is 0.232. The van der Waals surface area contributed by atoms with E-state index in [2.05, 4.69) is 27.7 Å². The molecule has 1 atom stereocenters. The second-order valence-electron chi connectivity index (χ2n) is 9.45. The third kappa shape index (κ3) is 3.00. The molecule has 5 nitrogen and oxygen atoms in total. The molecule has 1 spiro atoms. The quantitative estimate of drug-likeness (QED) is 0.693. The Balaban J connectivity index is 1.72. The number of carbonyl (C=O) groups is 1. The SMILES string of the molecule is CC(C)(C)OC(=O)N1CC(B2OC(C)(C)C(C)(C)O2)C2(CC2)C1. The third-order valence-corrected chi connectivity index (χ3v) is 5.85. The minimum Gasteiger partial charge on any atom is -0.444 e. The zero-order valence-corrected chi connectivity index (χ0v) is 15.6. The molecular formula is C17H30BNO4. The van der Waals surface area contributed by atoms with E-state index in [0.717, 1.165) is 19.4 Å². The molecule has 23 heavy (non-hydrogen) atoms. The monoisotopic (exact) mass is 323 g/mol. The molecule has 3 aliphatic rings. The van der Waals surface area contributed by atoms with Crippen LogP contribution in [0.5, 0.6) is 0 Å². The smallest absolute Gasteiger partial charge is 0.444 e. The summed E-state index contributed by atoms with van der Waals surface area (Å²) in [7, 11) is -0.241. The van der Waals surface area contributed by atoms with E-state index >= 15 is 0 Å². The molecule has 0 radical (unpaired) electrons. The van der Waals surface area contributed by atoms with Crippen molar-refractivity contribution in [3.05, 3.63) is 0 Å². The van der Waals surface area contributed by atoms with E-state index in [9.17, 15) is 4.79 Å². The van der Waals surface area contributed by atoms with E-state index in [4.69, 9.17) is 14.0 Å². The number of hydrogen-bond acceptors (Lipinski definition) is 4. The maximum Gasteiger partial charge on any atom is 0.463 e. The highest BCUT2D eigenvalue weighted by Crippen LogP contribution is 2.62. The number of nitrogens with zero attached hydrogens (tertiary/aromatic N) is 1. The first-order valence-electron chi connectivity index (χ1n) is 8.69. The molecule has 3 fully saturated rings. The van der Waals surface area contributed by atoms with Gasteiger partial charge in [-0.1, -0.05) is 0 Å². The third-order valence-electron chi connectivity index (χ3n) is 5.85. The molecule has 130 valence electrons. The summed E-state index contributed by atoms with van der Waals surface area (Å²) in [6.07, 6.45) is 2.06. The highest BCUT2D eigenvalue weighted by atomic mass is 16.7. The molecule has 2 aliphatic heterocycles. The fourth-order valence-electron chi connectivity index (χ4n) is 3.58. The van der Waals surface area contributed by atoms with Crippen LogP contribution in [0.2, 0.25) is 5.82 Å². The Morgan fingerprint density at radius 1 is 1.13 bits per heavy atom. The summed E-state index contributed by atoms with van der Waals surface area (Å²) < 4.78 is 18.0. The molecule has 0 aromatic carbocycles. The Kier molecular flexibility index (Phi) is 3.63. The number of hydrogen-bond donors (Lipinski definition) is 0. The van der Waals surface area contributed by atoms with Crippen LogP contribution in [0, 0.1) is 5.41 Å². The van der Waals surface area contributed by atoms with Gasteiger partial charge in [-0.05, 0) is 66.7 Å². The molecule has 0 bridgehead atoms. The van der Waals surface area contributed by atoms with Gasteiger partial charge in [-0.25, -0.2) is 4.79 Å². The minimum absolute atomic E-state index is 0.165. The normalized spacial score (nSPS) is 30.8. The van der Waals surface area contributed by atoms with Crippen molar-refractivity contribution in [3.63, 3.8) is 0 Å². The van der Waals surface area contributed by atoms with Crippen molar-refractivity contribution >= 4 is 13.2 Å². The molecule has 2 heterocycles. The Labute approximate surface area is 140 Å². The predicted octanol–water partition coefficient (Wildman–Crippen LogP) is 3.48. The van der Waals surface area contributed by atoms with Crippen molar-refractivity contribution < 1.29 is 18.8 Å². The second-order valence-corrected chi connectivity index (χ2v) is 9.45. The average Bonchev–Trinajstić information content (AvgIpc) is 2.91. The lowest BCUT2D eigenvalue weighted by Gasteiger charge is -2.32. The van der Waals surface area contributed by atoms with E-state index in [-0.39, 0.29) is 35.6 Å². The fraction of sp³-hybridized carbons (Fsp3) is 0.941. The van der Waals surface area contributed by atoms with Gasteiger partial charge in [0, 0.05) is 18.9 Å². The molecule has 1 amide bonds. The first kappa shape index (κ1) is 17.1. The van der Waals surface area contributed by atoms with Gasteiger partial charge in [-0.3, -0.25) is 0 Å². The van der Waals surface area contributed by atoms with Crippen LogP contribution < -0.4 is 0 Å². The van der Waals surface area contributed by atoms with E-state index in [1.807, 2.05) is 25.7 Å². The summed E-state index contributed by atoms with van der Waals surface area (Å²) >= 11 is 0. The van der Waals surface area contributed by atoms with Gasteiger partial charge in [0.25, 0.3) is 0 Å². The summed E-state index contributed by atoms with van der Waals surface area (Å²) in [6, 6.07) is 0. The number of likely N-dealkylation sites (tertiary alicyclic amines) is 1. The van der Waals surface area contributed by atoms with Crippen LogP contribution >= 0.6 is 0 Å². The number of amides is 1. The van der Waals surface area contributed by atoms with Crippen molar-refractivity contribution in [2.75, 3.05) is 13.1 Å². The molecule has 0 aromatic rings. The van der Waals surface area contributed by atoms with Gasteiger partial charge in [0.1, 0.15) is 5.60 Å². The molecule has 6 heteroatoms. The van der Waals surface area contributed by atoms with E-state index in [0.29, 0.717) is 6.54 Å². The first-order valence-corrected chi connectivity index (χ1v) is 8.69. The second kappa shape index (κ2) is 4.88. The average molecular weight is 323 g/mol. The first-order chi connectivity index (χ1) is 10.4. The van der Waals surface area contributed by atoms with E-state index < -0.39 is 5.60 Å². The van der Waals surface area contributed by atoms with Crippen LogP contribution in [-0.2, 0) is 14.0 Å². The number of carbonyl (C=O) groups excluding carboxylic acids is 1.